The van der Waals surface area contributed by atoms with Gasteiger partial charge < -0.3 is 9.84 Å². The number of carboxylic acid groups (broad SMARTS) is 1. The summed E-state index contributed by atoms with van der Waals surface area (Å²) in [6.07, 6.45) is 2.41. The molecular weight excluding hydrogens is 244 g/mol. The smallest absolute Gasteiger partial charge is 0.339 e. The van der Waals surface area contributed by atoms with Gasteiger partial charge in [-0.3, -0.25) is 0 Å². The molecule has 0 aliphatic heterocycles. The van der Waals surface area contributed by atoms with Gasteiger partial charge in [-0.2, -0.15) is 0 Å². The molecule has 4 heteroatoms. The molecule has 0 spiro atoms. The molecule has 5 rings (SSSR count). The first-order chi connectivity index (χ1) is 9.16. The molecule has 4 fully saturated rings. The summed E-state index contributed by atoms with van der Waals surface area (Å²) in [5.74, 6) is 1.05. The quantitative estimate of drug-likeness (QED) is 0.844. The monoisotopic (exact) mass is 258 g/mol. The van der Waals surface area contributed by atoms with Gasteiger partial charge in [0.05, 0.1) is 11.1 Å². The van der Waals surface area contributed by atoms with Crippen LogP contribution in [0, 0.1) is 23.7 Å². The number of benzene rings is 1. The van der Waals surface area contributed by atoms with Gasteiger partial charge in [0.25, 0.3) is 0 Å². The molecule has 4 bridgehead atoms. The van der Waals surface area contributed by atoms with Crippen molar-refractivity contribution in [1.82, 2.24) is 0 Å². The number of esters is 1. The van der Waals surface area contributed by atoms with Crippen molar-refractivity contribution in [3.05, 3.63) is 35.4 Å². The highest BCUT2D eigenvalue weighted by molar-refractivity contribution is 6.02. The van der Waals surface area contributed by atoms with Gasteiger partial charge in [0, 0.05) is 5.92 Å². The molecule has 0 amide bonds. The highest BCUT2D eigenvalue weighted by atomic mass is 16.5. The van der Waals surface area contributed by atoms with E-state index in [0.717, 1.165) is 11.8 Å². The van der Waals surface area contributed by atoms with Crippen molar-refractivity contribution >= 4 is 11.9 Å². The van der Waals surface area contributed by atoms with E-state index in [9.17, 15) is 9.59 Å². The van der Waals surface area contributed by atoms with Gasteiger partial charge in [-0.15, -0.1) is 0 Å². The van der Waals surface area contributed by atoms with Crippen molar-refractivity contribution in [1.29, 1.82) is 0 Å². The summed E-state index contributed by atoms with van der Waals surface area (Å²) in [5, 5.41) is 9.09. The predicted molar refractivity (Wildman–Crippen MR) is 65.8 cm³/mol. The summed E-state index contributed by atoms with van der Waals surface area (Å²) in [7, 11) is 0. The second kappa shape index (κ2) is 3.59. The van der Waals surface area contributed by atoms with E-state index in [1.54, 1.807) is 12.1 Å². The third-order valence-electron chi connectivity index (χ3n) is 5.01. The molecule has 0 radical (unpaired) electrons. The van der Waals surface area contributed by atoms with Crippen LogP contribution in [0.2, 0.25) is 0 Å². The maximum Gasteiger partial charge on any atom is 0.339 e. The highest BCUT2D eigenvalue weighted by Gasteiger charge is 2.70. The third-order valence-corrected chi connectivity index (χ3v) is 5.01. The molecule has 1 aromatic carbocycles. The van der Waals surface area contributed by atoms with Crippen LogP contribution in [0.25, 0.3) is 0 Å². The Morgan fingerprint density at radius 1 is 1.11 bits per heavy atom. The number of rotatable bonds is 3. The van der Waals surface area contributed by atoms with Gasteiger partial charge in [-0.1, -0.05) is 12.1 Å². The Labute approximate surface area is 110 Å². The summed E-state index contributed by atoms with van der Waals surface area (Å²) in [6, 6.07) is 6.24. The molecule has 4 aliphatic carbocycles. The standard InChI is InChI=1S/C15H14O4/c16-14(17)8-3-1-2-4-9(8)15(18)19-13-7-5-10-11(6-7)12(10)13/h1-4,7,10-13H,5-6H2,(H,16,17). The van der Waals surface area contributed by atoms with Gasteiger partial charge in [-0.05, 0) is 42.7 Å². The molecule has 98 valence electrons. The maximum atomic E-state index is 12.2. The van der Waals surface area contributed by atoms with Crippen LogP contribution in [-0.2, 0) is 4.74 Å². The Hall–Kier alpha value is -1.84. The number of hydrogen-bond acceptors (Lipinski definition) is 3. The van der Waals surface area contributed by atoms with Crippen molar-refractivity contribution in [2.75, 3.05) is 0 Å². The van der Waals surface area contributed by atoms with Crippen LogP contribution >= 0.6 is 0 Å². The van der Waals surface area contributed by atoms with Crippen LogP contribution in [-0.4, -0.2) is 23.1 Å². The zero-order valence-electron chi connectivity index (χ0n) is 10.3. The molecular formula is C15H14O4. The lowest BCUT2D eigenvalue weighted by Gasteiger charge is -2.16. The molecule has 4 nitrogen and oxygen atoms in total. The van der Waals surface area contributed by atoms with E-state index in [-0.39, 0.29) is 17.2 Å². The largest absolute Gasteiger partial charge is 0.478 e. The molecule has 1 aromatic rings. The van der Waals surface area contributed by atoms with E-state index in [0.29, 0.717) is 11.8 Å². The average molecular weight is 258 g/mol. The van der Waals surface area contributed by atoms with Gasteiger partial charge in [-0.25, -0.2) is 9.59 Å². The summed E-state index contributed by atoms with van der Waals surface area (Å²) >= 11 is 0. The Morgan fingerprint density at radius 3 is 2.26 bits per heavy atom. The van der Waals surface area contributed by atoms with E-state index in [2.05, 4.69) is 0 Å². The average Bonchev–Trinajstić information content (AvgIpc) is 2.77. The maximum absolute atomic E-state index is 12.2. The van der Waals surface area contributed by atoms with Crippen molar-refractivity contribution in [3.8, 4) is 0 Å². The predicted octanol–water partition coefficient (Wildman–Crippen LogP) is 2.20. The second-order valence-corrected chi connectivity index (χ2v) is 5.86. The number of carboxylic acids is 1. The lowest BCUT2D eigenvalue weighted by Crippen LogP contribution is -2.23. The van der Waals surface area contributed by atoms with Crippen LogP contribution in [0.3, 0.4) is 0 Å². The fraction of sp³-hybridized carbons (Fsp3) is 0.467. The molecule has 4 aliphatic rings. The topological polar surface area (TPSA) is 63.6 Å². The SMILES string of the molecule is O=C(O)c1ccccc1C(=O)OC1C2CC3C(C2)C31. The second-order valence-electron chi connectivity index (χ2n) is 5.86. The zero-order valence-corrected chi connectivity index (χ0v) is 10.3. The van der Waals surface area contributed by atoms with E-state index < -0.39 is 11.9 Å². The number of carbonyl (C=O) groups is 2. The highest BCUT2D eigenvalue weighted by Crippen LogP contribution is 2.71. The minimum atomic E-state index is -1.09. The lowest BCUT2D eigenvalue weighted by molar-refractivity contribution is 0.0202. The first-order valence-electron chi connectivity index (χ1n) is 6.70. The van der Waals surface area contributed by atoms with E-state index in [4.69, 9.17) is 9.84 Å². The van der Waals surface area contributed by atoms with Gasteiger partial charge in [0.15, 0.2) is 0 Å². The minimum absolute atomic E-state index is 0.0187. The van der Waals surface area contributed by atoms with Crippen molar-refractivity contribution in [2.24, 2.45) is 23.7 Å². The van der Waals surface area contributed by atoms with Crippen molar-refractivity contribution in [2.45, 2.75) is 18.9 Å². The lowest BCUT2D eigenvalue weighted by atomic mass is 10.1. The van der Waals surface area contributed by atoms with E-state index >= 15 is 0 Å². The van der Waals surface area contributed by atoms with Crippen LogP contribution in [0.5, 0.6) is 0 Å². The molecule has 0 heterocycles. The third kappa shape index (κ3) is 1.46. The molecule has 0 aromatic heterocycles. The van der Waals surface area contributed by atoms with Crippen molar-refractivity contribution in [3.63, 3.8) is 0 Å². The molecule has 0 saturated heterocycles. The van der Waals surface area contributed by atoms with Crippen LogP contribution in [0.1, 0.15) is 33.6 Å². The molecule has 19 heavy (non-hydrogen) atoms. The Kier molecular flexibility index (Phi) is 2.08. The van der Waals surface area contributed by atoms with E-state index in [1.165, 1.54) is 25.0 Å². The summed E-state index contributed by atoms with van der Waals surface area (Å²) in [4.78, 5) is 23.3. The number of ether oxygens (including phenoxy) is 1. The number of carbonyl (C=O) groups excluding carboxylic acids is 1. The normalized spacial score (nSPS) is 37.2. The molecule has 4 saturated carbocycles. The Bertz CT molecular complexity index is 565. The first-order valence-corrected chi connectivity index (χ1v) is 6.70. The minimum Gasteiger partial charge on any atom is -0.478 e. The van der Waals surface area contributed by atoms with Crippen molar-refractivity contribution < 1.29 is 19.4 Å². The van der Waals surface area contributed by atoms with E-state index in [1.807, 2.05) is 0 Å². The van der Waals surface area contributed by atoms with Gasteiger partial charge in [0.2, 0.25) is 0 Å². The first kappa shape index (κ1) is 11.0. The summed E-state index contributed by atoms with van der Waals surface area (Å²) < 4.78 is 5.59. The molecule has 1 N–H and O–H groups in total. The van der Waals surface area contributed by atoms with Crippen LogP contribution in [0.4, 0.5) is 0 Å². The fourth-order valence-electron chi connectivity index (χ4n) is 4.21. The zero-order chi connectivity index (χ0) is 13.1. The Morgan fingerprint density at radius 2 is 1.74 bits per heavy atom. The number of aromatic carboxylic acids is 1. The van der Waals surface area contributed by atoms with Crippen LogP contribution < -0.4 is 0 Å². The Balaban J connectivity index is 1.56. The molecule has 3 unspecified atom stereocenters. The summed E-state index contributed by atoms with van der Waals surface area (Å²) in [6.45, 7) is 0. The number of hydrogen-bond donors (Lipinski definition) is 1. The van der Waals surface area contributed by atoms with Gasteiger partial charge in [0.1, 0.15) is 6.10 Å². The molecule has 3 atom stereocenters. The van der Waals surface area contributed by atoms with Crippen LogP contribution in [0.15, 0.2) is 24.3 Å². The van der Waals surface area contributed by atoms with Gasteiger partial charge >= 0.3 is 11.9 Å². The summed E-state index contributed by atoms with van der Waals surface area (Å²) in [5.41, 5.74) is 0.182. The fourth-order valence-corrected chi connectivity index (χ4v) is 4.21.